The van der Waals surface area contributed by atoms with Gasteiger partial charge in [0.25, 0.3) is 0 Å². The number of aromatic nitrogens is 1. The third-order valence-electron chi connectivity index (χ3n) is 2.95. The van der Waals surface area contributed by atoms with Crippen molar-refractivity contribution in [2.45, 2.75) is 13.5 Å². The number of pyridine rings is 1. The van der Waals surface area contributed by atoms with Crippen LogP contribution in [0.3, 0.4) is 0 Å². The fourth-order valence-corrected chi connectivity index (χ4v) is 2.09. The summed E-state index contributed by atoms with van der Waals surface area (Å²) in [7, 11) is 0. The van der Waals surface area contributed by atoms with Gasteiger partial charge in [-0.25, -0.2) is 0 Å². The molecule has 0 amide bonds. The molecule has 1 aromatic carbocycles. The second-order valence-electron chi connectivity index (χ2n) is 4.08. The van der Waals surface area contributed by atoms with Crippen molar-refractivity contribution in [2.75, 3.05) is 0 Å². The minimum Gasteiger partial charge on any atom is -0.488 e. The maximum atomic E-state index is 12.4. The van der Waals surface area contributed by atoms with Crippen LogP contribution in [0.1, 0.15) is 27.2 Å². The summed E-state index contributed by atoms with van der Waals surface area (Å²) in [6.45, 7) is 2.30. The van der Waals surface area contributed by atoms with Gasteiger partial charge in [-0.1, -0.05) is 18.2 Å². The van der Waals surface area contributed by atoms with Crippen molar-refractivity contribution in [3.8, 4) is 5.75 Å². The lowest BCUT2D eigenvalue weighted by molar-refractivity contribution is 0.103. The molecule has 1 aromatic heterocycles. The Kier molecular flexibility index (Phi) is 2.18. The summed E-state index contributed by atoms with van der Waals surface area (Å²) in [4.78, 5) is 16.6. The standard InChI is InChI=1S/C14H11NO2/c1-9-4-2-6-11-12(9)14(16)13-10(8-17-11)5-3-7-15-13/h2-7H,8H2,1H3. The maximum Gasteiger partial charge on any atom is 0.215 e. The first-order valence-electron chi connectivity index (χ1n) is 5.48. The molecular formula is C14H11NO2. The van der Waals surface area contributed by atoms with Gasteiger partial charge < -0.3 is 4.74 Å². The van der Waals surface area contributed by atoms with Crippen molar-refractivity contribution in [1.29, 1.82) is 0 Å². The zero-order chi connectivity index (χ0) is 11.8. The highest BCUT2D eigenvalue weighted by Gasteiger charge is 2.24. The van der Waals surface area contributed by atoms with E-state index >= 15 is 0 Å². The third kappa shape index (κ3) is 1.51. The minimum atomic E-state index is -0.0498. The molecule has 17 heavy (non-hydrogen) atoms. The second kappa shape index (κ2) is 3.70. The summed E-state index contributed by atoms with van der Waals surface area (Å²) >= 11 is 0. The Labute approximate surface area is 99.1 Å². The summed E-state index contributed by atoms with van der Waals surface area (Å²) in [6, 6.07) is 9.32. The number of fused-ring (bicyclic) bond motifs is 2. The van der Waals surface area contributed by atoms with Crippen molar-refractivity contribution in [2.24, 2.45) is 0 Å². The van der Waals surface area contributed by atoms with Crippen LogP contribution in [-0.2, 0) is 6.61 Å². The second-order valence-corrected chi connectivity index (χ2v) is 4.08. The fraction of sp³-hybridized carbons (Fsp3) is 0.143. The van der Waals surface area contributed by atoms with Crippen LogP contribution in [0, 0.1) is 6.92 Å². The molecule has 0 unspecified atom stereocenters. The summed E-state index contributed by atoms with van der Waals surface area (Å²) in [5.41, 5.74) is 2.89. The number of aryl methyl sites for hydroxylation is 1. The lowest BCUT2D eigenvalue weighted by atomic mass is 10.00. The van der Waals surface area contributed by atoms with Crippen LogP contribution in [-0.4, -0.2) is 10.8 Å². The van der Waals surface area contributed by atoms with Gasteiger partial charge in [-0.05, 0) is 24.6 Å². The molecule has 0 N–H and O–H groups in total. The van der Waals surface area contributed by atoms with E-state index in [2.05, 4.69) is 4.98 Å². The van der Waals surface area contributed by atoms with Gasteiger partial charge in [0, 0.05) is 11.8 Å². The Bertz CT molecular complexity index is 605. The van der Waals surface area contributed by atoms with E-state index in [4.69, 9.17) is 4.74 Å². The molecule has 0 saturated heterocycles. The predicted molar refractivity (Wildman–Crippen MR) is 63.2 cm³/mol. The first-order chi connectivity index (χ1) is 8.27. The van der Waals surface area contributed by atoms with E-state index in [0.717, 1.165) is 11.1 Å². The molecule has 2 heterocycles. The maximum absolute atomic E-state index is 12.4. The topological polar surface area (TPSA) is 39.2 Å². The molecule has 0 aliphatic carbocycles. The molecule has 0 radical (unpaired) electrons. The average molecular weight is 225 g/mol. The van der Waals surface area contributed by atoms with E-state index in [9.17, 15) is 4.79 Å². The molecule has 0 fully saturated rings. The van der Waals surface area contributed by atoms with E-state index in [-0.39, 0.29) is 5.78 Å². The smallest absolute Gasteiger partial charge is 0.215 e. The molecule has 1 aliphatic heterocycles. The van der Waals surface area contributed by atoms with Gasteiger partial charge in [-0.15, -0.1) is 0 Å². The number of ether oxygens (including phenoxy) is 1. The number of hydrogen-bond acceptors (Lipinski definition) is 3. The number of carbonyl (C=O) groups excluding carboxylic acids is 1. The number of carbonyl (C=O) groups is 1. The number of benzene rings is 1. The van der Waals surface area contributed by atoms with Crippen LogP contribution in [0.15, 0.2) is 36.5 Å². The van der Waals surface area contributed by atoms with Gasteiger partial charge >= 0.3 is 0 Å². The first-order valence-corrected chi connectivity index (χ1v) is 5.48. The molecule has 3 nitrogen and oxygen atoms in total. The Balaban J connectivity index is 2.26. The molecular weight excluding hydrogens is 214 g/mol. The van der Waals surface area contributed by atoms with Crippen LogP contribution in [0.2, 0.25) is 0 Å². The van der Waals surface area contributed by atoms with Crippen LogP contribution < -0.4 is 4.74 Å². The fourth-order valence-electron chi connectivity index (χ4n) is 2.09. The van der Waals surface area contributed by atoms with Crippen LogP contribution in [0.5, 0.6) is 5.75 Å². The lowest BCUT2D eigenvalue weighted by Crippen LogP contribution is -2.06. The molecule has 1 aliphatic rings. The molecule has 3 rings (SSSR count). The predicted octanol–water partition coefficient (Wildman–Crippen LogP) is 2.51. The number of hydrogen-bond donors (Lipinski definition) is 0. The summed E-state index contributed by atoms with van der Waals surface area (Å²) in [5, 5.41) is 0. The number of nitrogens with zero attached hydrogens (tertiary/aromatic N) is 1. The molecule has 2 aromatic rings. The van der Waals surface area contributed by atoms with E-state index in [0.29, 0.717) is 23.6 Å². The lowest BCUT2D eigenvalue weighted by Gasteiger charge is -2.07. The van der Waals surface area contributed by atoms with Crippen molar-refractivity contribution in [3.63, 3.8) is 0 Å². The zero-order valence-corrected chi connectivity index (χ0v) is 9.43. The summed E-state index contributed by atoms with van der Waals surface area (Å²) in [6.07, 6.45) is 1.64. The third-order valence-corrected chi connectivity index (χ3v) is 2.95. The normalized spacial score (nSPS) is 13.4. The Morgan fingerprint density at radius 1 is 1.24 bits per heavy atom. The van der Waals surface area contributed by atoms with Crippen LogP contribution in [0.25, 0.3) is 0 Å². The largest absolute Gasteiger partial charge is 0.488 e. The molecule has 0 atom stereocenters. The van der Waals surface area contributed by atoms with E-state index < -0.39 is 0 Å². The van der Waals surface area contributed by atoms with Crippen LogP contribution >= 0.6 is 0 Å². The van der Waals surface area contributed by atoms with E-state index in [1.54, 1.807) is 6.20 Å². The van der Waals surface area contributed by atoms with Gasteiger partial charge in [0.1, 0.15) is 18.1 Å². The van der Waals surface area contributed by atoms with Crippen molar-refractivity contribution >= 4 is 5.78 Å². The van der Waals surface area contributed by atoms with Gasteiger partial charge in [0.15, 0.2) is 0 Å². The molecule has 84 valence electrons. The summed E-state index contributed by atoms with van der Waals surface area (Å²) in [5.74, 6) is 0.596. The molecule has 0 saturated carbocycles. The Morgan fingerprint density at radius 3 is 3.00 bits per heavy atom. The van der Waals surface area contributed by atoms with Crippen molar-refractivity contribution in [1.82, 2.24) is 4.98 Å². The van der Waals surface area contributed by atoms with Crippen molar-refractivity contribution < 1.29 is 9.53 Å². The average Bonchev–Trinajstić information content (AvgIpc) is 2.49. The van der Waals surface area contributed by atoms with E-state index in [1.165, 1.54) is 0 Å². The highest BCUT2D eigenvalue weighted by molar-refractivity contribution is 6.11. The SMILES string of the molecule is Cc1cccc2c1C(=O)c1ncccc1CO2. The van der Waals surface area contributed by atoms with E-state index in [1.807, 2.05) is 37.3 Å². The quantitative estimate of drug-likeness (QED) is 0.691. The number of ketones is 1. The monoisotopic (exact) mass is 225 g/mol. The molecule has 3 heteroatoms. The van der Waals surface area contributed by atoms with Crippen LogP contribution in [0.4, 0.5) is 0 Å². The van der Waals surface area contributed by atoms with Gasteiger partial charge in [0.05, 0.1) is 5.56 Å². The molecule has 0 bridgehead atoms. The number of rotatable bonds is 0. The Hall–Kier alpha value is -2.16. The zero-order valence-electron chi connectivity index (χ0n) is 9.43. The van der Waals surface area contributed by atoms with Crippen molar-refractivity contribution in [3.05, 3.63) is 58.9 Å². The van der Waals surface area contributed by atoms with Gasteiger partial charge in [0.2, 0.25) is 5.78 Å². The van der Waals surface area contributed by atoms with Gasteiger partial charge in [-0.2, -0.15) is 0 Å². The minimum absolute atomic E-state index is 0.0498. The Morgan fingerprint density at radius 2 is 2.12 bits per heavy atom. The highest BCUT2D eigenvalue weighted by atomic mass is 16.5. The first kappa shape index (κ1) is 10.0. The molecule has 0 spiro atoms. The summed E-state index contributed by atoms with van der Waals surface area (Å²) < 4.78 is 5.67. The van der Waals surface area contributed by atoms with Gasteiger partial charge in [-0.3, -0.25) is 9.78 Å². The highest BCUT2D eigenvalue weighted by Crippen LogP contribution is 2.29.